The summed E-state index contributed by atoms with van der Waals surface area (Å²) in [7, 11) is -3.56. The van der Waals surface area contributed by atoms with Crippen molar-refractivity contribution in [2.24, 2.45) is 0 Å². The van der Waals surface area contributed by atoms with Gasteiger partial charge in [0, 0.05) is 30.3 Å². The van der Waals surface area contributed by atoms with Crippen molar-refractivity contribution in [3.8, 4) is 5.75 Å². The predicted octanol–water partition coefficient (Wildman–Crippen LogP) is 1.89. The Kier molecular flexibility index (Phi) is 5.50. The summed E-state index contributed by atoms with van der Waals surface area (Å²) in [5.41, 5.74) is 0. The Labute approximate surface area is 150 Å². The molecule has 128 valence electrons. The van der Waals surface area contributed by atoms with Crippen LogP contribution in [0.15, 0.2) is 58.2 Å². The maximum atomic E-state index is 12.9. The fourth-order valence-electron chi connectivity index (χ4n) is 2.57. The SMILES string of the molecule is O=S(=O)(c1ccc(Br)cc1)N1CCNCC1COc1cccnc1. The van der Waals surface area contributed by atoms with Gasteiger partial charge in [-0.1, -0.05) is 15.9 Å². The molecular weight excluding hydrogens is 394 g/mol. The summed E-state index contributed by atoms with van der Waals surface area (Å²) in [6.07, 6.45) is 3.28. The quantitative estimate of drug-likeness (QED) is 0.812. The molecule has 2 aromatic rings. The average Bonchev–Trinajstić information content (AvgIpc) is 2.61. The van der Waals surface area contributed by atoms with Gasteiger partial charge in [0.05, 0.1) is 17.1 Å². The minimum Gasteiger partial charge on any atom is -0.490 e. The van der Waals surface area contributed by atoms with Gasteiger partial charge in [0.25, 0.3) is 0 Å². The standard InChI is InChI=1S/C16H18BrN3O3S/c17-13-3-5-16(6-4-13)24(21,22)20-9-8-19-10-14(20)12-23-15-2-1-7-18-11-15/h1-7,11,14,19H,8-10,12H2. The molecule has 1 N–H and O–H groups in total. The molecule has 0 saturated carbocycles. The highest BCUT2D eigenvalue weighted by atomic mass is 79.9. The summed E-state index contributed by atoms with van der Waals surface area (Å²) in [5.74, 6) is 0.629. The van der Waals surface area contributed by atoms with E-state index in [9.17, 15) is 8.42 Å². The van der Waals surface area contributed by atoms with Crippen LogP contribution in [0.3, 0.4) is 0 Å². The van der Waals surface area contributed by atoms with Gasteiger partial charge in [0.2, 0.25) is 10.0 Å². The van der Waals surface area contributed by atoms with Gasteiger partial charge in [-0.2, -0.15) is 4.31 Å². The van der Waals surface area contributed by atoms with Gasteiger partial charge >= 0.3 is 0 Å². The van der Waals surface area contributed by atoms with E-state index in [0.717, 1.165) is 4.47 Å². The molecule has 3 rings (SSSR count). The molecule has 2 heterocycles. The fraction of sp³-hybridized carbons (Fsp3) is 0.312. The molecular formula is C16H18BrN3O3S. The minimum absolute atomic E-state index is 0.271. The number of pyridine rings is 1. The number of hydrogen-bond acceptors (Lipinski definition) is 5. The van der Waals surface area contributed by atoms with Crippen molar-refractivity contribution in [1.29, 1.82) is 0 Å². The zero-order valence-corrected chi connectivity index (χ0v) is 15.3. The Morgan fingerprint density at radius 3 is 2.79 bits per heavy atom. The Morgan fingerprint density at radius 2 is 2.08 bits per heavy atom. The van der Waals surface area contributed by atoms with Gasteiger partial charge in [0.15, 0.2) is 0 Å². The molecule has 1 aliphatic heterocycles. The highest BCUT2D eigenvalue weighted by molar-refractivity contribution is 9.10. The molecule has 1 aromatic carbocycles. The van der Waals surface area contributed by atoms with Crippen LogP contribution in [0.2, 0.25) is 0 Å². The van der Waals surface area contributed by atoms with E-state index < -0.39 is 10.0 Å². The smallest absolute Gasteiger partial charge is 0.243 e. The predicted molar refractivity (Wildman–Crippen MR) is 94.4 cm³/mol. The van der Waals surface area contributed by atoms with Gasteiger partial charge in [-0.25, -0.2) is 8.42 Å². The van der Waals surface area contributed by atoms with Crippen LogP contribution in [0.4, 0.5) is 0 Å². The van der Waals surface area contributed by atoms with E-state index in [-0.39, 0.29) is 12.6 Å². The maximum absolute atomic E-state index is 12.9. The summed E-state index contributed by atoms with van der Waals surface area (Å²) in [4.78, 5) is 4.29. The van der Waals surface area contributed by atoms with Crippen LogP contribution in [0, 0.1) is 0 Å². The number of piperazine rings is 1. The molecule has 0 radical (unpaired) electrons. The third-order valence-electron chi connectivity index (χ3n) is 3.79. The molecule has 0 amide bonds. The topological polar surface area (TPSA) is 71.5 Å². The van der Waals surface area contributed by atoms with Crippen molar-refractivity contribution in [2.45, 2.75) is 10.9 Å². The van der Waals surface area contributed by atoms with Crippen molar-refractivity contribution < 1.29 is 13.2 Å². The fourth-order valence-corrected chi connectivity index (χ4v) is 4.44. The Morgan fingerprint density at radius 1 is 1.29 bits per heavy atom. The van der Waals surface area contributed by atoms with Crippen molar-refractivity contribution in [2.75, 3.05) is 26.2 Å². The Hall–Kier alpha value is -1.48. The molecule has 1 unspecified atom stereocenters. The molecule has 0 spiro atoms. The van der Waals surface area contributed by atoms with Gasteiger partial charge in [-0.15, -0.1) is 0 Å². The lowest BCUT2D eigenvalue weighted by Gasteiger charge is -2.34. The molecule has 1 aliphatic rings. The van der Waals surface area contributed by atoms with Crippen LogP contribution in [0.1, 0.15) is 0 Å². The van der Waals surface area contributed by atoms with Crippen molar-refractivity contribution in [3.05, 3.63) is 53.3 Å². The van der Waals surface area contributed by atoms with Gasteiger partial charge < -0.3 is 10.1 Å². The summed E-state index contributed by atoms with van der Waals surface area (Å²) in [6.45, 7) is 1.86. The number of nitrogens with one attached hydrogen (secondary N) is 1. The first-order valence-corrected chi connectivity index (χ1v) is 9.81. The number of nitrogens with zero attached hydrogens (tertiary/aromatic N) is 2. The second-order valence-electron chi connectivity index (χ2n) is 5.43. The van der Waals surface area contributed by atoms with E-state index in [1.165, 1.54) is 4.31 Å². The van der Waals surface area contributed by atoms with E-state index in [2.05, 4.69) is 26.2 Å². The zero-order valence-electron chi connectivity index (χ0n) is 12.9. The third kappa shape index (κ3) is 3.94. The van der Waals surface area contributed by atoms with Crippen molar-refractivity contribution >= 4 is 26.0 Å². The highest BCUT2D eigenvalue weighted by Gasteiger charge is 2.33. The molecule has 1 aromatic heterocycles. The third-order valence-corrected chi connectivity index (χ3v) is 6.29. The number of hydrogen-bond donors (Lipinski definition) is 1. The molecule has 1 atom stereocenters. The molecule has 8 heteroatoms. The maximum Gasteiger partial charge on any atom is 0.243 e. The van der Waals surface area contributed by atoms with Crippen LogP contribution < -0.4 is 10.1 Å². The number of rotatable bonds is 5. The first kappa shape index (κ1) is 17.3. The van der Waals surface area contributed by atoms with Crippen LogP contribution >= 0.6 is 15.9 Å². The number of sulfonamides is 1. The monoisotopic (exact) mass is 411 g/mol. The van der Waals surface area contributed by atoms with E-state index in [4.69, 9.17) is 4.74 Å². The van der Waals surface area contributed by atoms with Crippen molar-refractivity contribution in [1.82, 2.24) is 14.6 Å². The molecule has 24 heavy (non-hydrogen) atoms. The molecule has 1 fully saturated rings. The normalized spacial score (nSPS) is 19.1. The summed E-state index contributed by atoms with van der Waals surface area (Å²) >= 11 is 3.33. The summed E-state index contributed by atoms with van der Waals surface area (Å²) < 4.78 is 33.9. The van der Waals surface area contributed by atoms with Crippen LogP contribution in [0.5, 0.6) is 5.75 Å². The minimum atomic E-state index is -3.56. The van der Waals surface area contributed by atoms with Gasteiger partial charge in [-0.3, -0.25) is 4.98 Å². The van der Waals surface area contributed by atoms with Crippen LogP contribution in [-0.2, 0) is 10.0 Å². The molecule has 6 nitrogen and oxygen atoms in total. The first-order valence-electron chi connectivity index (χ1n) is 7.58. The van der Waals surface area contributed by atoms with Crippen LogP contribution in [0.25, 0.3) is 0 Å². The Bertz CT molecular complexity index is 769. The summed E-state index contributed by atoms with van der Waals surface area (Å²) in [6, 6.07) is 10.0. The second kappa shape index (κ2) is 7.60. The van der Waals surface area contributed by atoms with Gasteiger partial charge in [0.1, 0.15) is 12.4 Å². The number of benzene rings is 1. The first-order chi connectivity index (χ1) is 11.6. The van der Waals surface area contributed by atoms with E-state index >= 15 is 0 Å². The lowest BCUT2D eigenvalue weighted by Crippen LogP contribution is -2.55. The molecule has 1 saturated heterocycles. The second-order valence-corrected chi connectivity index (χ2v) is 8.23. The van der Waals surface area contributed by atoms with E-state index in [1.807, 2.05) is 0 Å². The lowest BCUT2D eigenvalue weighted by atomic mass is 10.2. The van der Waals surface area contributed by atoms with E-state index in [1.54, 1.807) is 48.8 Å². The average molecular weight is 412 g/mol. The van der Waals surface area contributed by atoms with Crippen molar-refractivity contribution in [3.63, 3.8) is 0 Å². The number of halogens is 1. The Balaban J connectivity index is 1.77. The lowest BCUT2D eigenvalue weighted by molar-refractivity contribution is 0.179. The highest BCUT2D eigenvalue weighted by Crippen LogP contribution is 2.22. The summed E-state index contributed by atoms with van der Waals surface area (Å²) in [5, 5.41) is 3.22. The number of aromatic nitrogens is 1. The molecule has 0 bridgehead atoms. The zero-order chi connectivity index (χ0) is 17.0. The largest absolute Gasteiger partial charge is 0.490 e. The van der Waals surface area contributed by atoms with Gasteiger partial charge in [-0.05, 0) is 36.4 Å². The number of ether oxygens (including phenoxy) is 1. The van der Waals surface area contributed by atoms with Crippen LogP contribution in [-0.4, -0.2) is 50.0 Å². The molecule has 0 aliphatic carbocycles. The van der Waals surface area contributed by atoms with E-state index in [0.29, 0.717) is 30.3 Å².